The van der Waals surface area contributed by atoms with Gasteiger partial charge < -0.3 is 10.1 Å². The Kier molecular flexibility index (Phi) is 9.03. The summed E-state index contributed by atoms with van der Waals surface area (Å²) in [6.07, 6.45) is 5.19. The molecule has 0 unspecified atom stereocenters. The van der Waals surface area contributed by atoms with Crippen LogP contribution in [0.2, 0.25) is 5.02 Å². The van der Waals surface area contributed by atoms with Gasteiger partial charge in [-0.3, -0.25) is 30.6 Å². The number of halogens is 1. The second-order valence-corrected chi connectivity index (χ2v) is 8.39. The highest BCUT2D eigenvalue weighted by atomic mass is 35.5. The minimum Gasteiger partial charge on any atom is -0.482 e. The summed E-state index contributed by atoms with van der Waals surface area (Å²) >= 11 is 11.0. The van der Waals surface area contributed by atoms with Gasteiger partial charge in [-0.25, -0.2) is 0 Å². The van der Waals surface area contributed by atoms with E-state index in [0.717, 1.165) is 25.7 Å². The smallest absolute Gasteiger partial charge is 0.269 e. The van der Waals surface area contributed by atoms with Gasteiger partial charge in [0.2, 0.25) is 5.91 Å². The first-order chi connectivity index (χ1) is 15.9. The lowest BCUT2D eigenvalue weighted by Crippen LogP contribution is -2.49. The highest BCUT2D eigenvalue weighted by Gasteiger charge is 2.21. The van der Waals surface area contributed by atoms with Gasteiger partial charge in [0.1, 0.15) is 5.75 Å². The molecule has 0 spiro atoms. The monoisotopic (exact) mass is 488 g/mol. The van der Waals surface area contributed by atoms with E-state index in [-0.39, 0.29) is 23.5 Å². The fourth-order valence-corrected chi connectivity index (χ4v) is 3.75. The van der Waals surface area contributed by atoms with E-state index in [9.17, 15) is 14.4 Å². The van der Waals surface area contributed by atoms with E-state index in [4.69, 9.17) is 28.6 Å². The summed E-state index contributed by atoms with van der Waals surface area (Å²) in [6.45, 7) is -0.298. The van der Waals surface area contributed by atoms with E-state index < -0.39 is 11.8 Å². The van der Waals surface area contributed by atoms with Crippen molar-refractivity contribution in [2.24, 2.45) is 5.92 Å². The topological polar surface area (TPSA) is 109 Å². The van der Waals surface area contributed by atoms with Gasteiger partial charge in [0, 0.05) is 17.2 Å². The largest absolute Gasteiger partial charge is 0.482 e. The minimum absolute atomic E-state index is 0.0215. The second-order valence-electron chi connectivity index (χ2n) is 7.58. The molecule has 2 aromatic carbocycles. The molecule has 1 aliphatic rings. The Bertz CT molecular complexity index is 1010. The van der Waals surface area contributed by atoms with Crippen LogP contribution in [0, 0.1) is 5.92 Å². The number of benzene rings is 2. The van der Waals surface area contributed by atoms with Crippen molar-refractivity contribution in [3.05, 3.63) is 59.1 Å². The zero-order valence-electron chi connectivity index (χ0n) is 17.9. The third-order valence-electron chi connectivity index (χ3n) is 5.13. The number of hydrogen-bond donors (Lipinski definition) is 4. The molecule has 33 heavy (non-hydrogen) atoms. The molecule has 0 heterocycles. The first-order valence-corrected chi connectivity index (χ1v) is 11.4. The van der Waals surface area contributed by atoms with Crippen molar-refractivity contribution >= 4 is 52.3 Å². The Hall–Kier alpha value is -3.17. The van der Waals surface area contributed by atoms with Crippen molar-refractivity contribution < 1.29 is 19.1 Å². The molecule has 3 rings (SSSR count). The molecular formula is C23H25ClN4O4S. The average molecular weight is 489 g/mol. The van der Waals surface area contributed by atoms with E-state index in [1.165, 1.54) is 6.42 Å². The molecule has 0 saturated heterocycles. The molecule has 0 atom stereocenters. The van der Waals surface area contributed by atoms with E-state index in [0.29, 0.717) is 22.0 Å². The van der Waals surface area contributed by atoms with Crippen LogP contribution < -0.4 is 26.2 Å². The number of rotatable bonds is 6. The first-order valence-electron chi connectivity index (χ1n) is 10.6. The number of nitrogens with one attached hydrogen (secondary N) is 4. The molecule has 1 saturated carbocycles. The number of anilines is 1. The molecule has 0 aromatic heterocycles. The van der Waals surface area contributed by atoms with Crippen LogP contribution in [0.4, 0.5) is 5.69 Å². The Morgan fingerprint density at radius 3 is 2.36 bits per heavy atom. The number of hydrazine groups is 1. The van der Waals surface area contributed by atoms with Gasteiger partial charge in [-0.2, -0.15) is 0 Å². The van der Waals surface area contributed by atoms with Crippen molar-refractivity contribution in [2.75, 3.05) is 11.9 Å². The fourth-order valence-electron chi connectivity index (χ4n) is 3.40. The van der Waals surface area contributed by atoms with Crippen LogP contribution in [0.15, 0.2) is 48.5 Å². The molecule has 174 valence electrons. The summed E-state index contributed by atoms with van der Waals surface area (Å²) < 4.78 is 5.32. The van der Waals surface area contributed by atoms with Gasteiger partial charge in [-0.15, -0.1) is 0 Å². The summed E-state index contributed by atoms with van der Waals surface area (Å²) in [5.74, 6) is -0.519. The van der Waals surface area contributed by atoms with Crippen LogP contribution in [0.1, 0.15) is 42.5 Å². The minimum atomic E-state index is -0.514. The predicted octanol–water partition coefficient (Wildman–Crippen LogP) is 3.57. The number of amides is 3. The number of carbonyl (C=O) groups is 3. The SMILES string of the molecule is O=C(COc1ccccc1Cl)NC(=S)NNC(=O)c1ccc(NC(=O)C2CCCCC2)cc1. The fraction of sp³-hybridized carbons (Fsp3) is 0.304. The number of hydrogen-bond acceptors (Lipinski definition) is 5. The zero-order valence-corrected chi connectivity index (χ0v) is 19.4. The number of carbonyl (C=O) groups excluding carboxylic acids is 3. The summed E-state index contributed by atoms with van der Waals surface area (Å²) in [7, 11) is 0. The lowest BCUT2D eigenvalue weighted by molar-refractivity contribution is -0.122. The van der Waals surface area contributed by atoms with Crippen LogP contribution in [0.5, 0.6) is 5.75 Å². The van der Waals surface area contributed by atoms with Crippen LogP contribution in [-0.2, 0) is 9.59 Å². The van der Waals surface area contributed by atoms with Crippen LogP contribution in [-0.4, -0.2) is 29.4 Å². The molecule has 1 fully saturated rings. The van der Waals surface area contributed by atoms with Gasteiger partial charge in [0.15, 0.2) is 11.7 Å². The quantitative estimate of drug-likeness (QED) is 0.365. The molecule has 2 aromatic rings. The van der Waals surface area contributed by atoms with Gasteiger partial charge in [0.25, 0.3) is 11.8 Å². The standard InChI is InChI=1S/C23H25ClN4O4S/c24-18-8-4-5-9-19(18)32-14-20(29)26-23(33)28-27-22(31)16-10-12-17(13-11-16)25-21(30)15-6-2-1-3-7-15/h4-5,8-13,15H,1-3,6-7,14H2,(H,25,30)(H,27,31)(H2,26,28,29,33). The van der Waals surface area contributed by atoms with E-state index in [2.05, 4.69) is 21.5 Å². The predicted molar refractivity (Wildman–Crippen MR) is 130 cm³/mol. The molecule has 3 amide bonds. The highest BCUT2D eigenvalue weighted by molar-refractivity contribution is 7.80. The Balaban J connectivity index is 1.39. The third-order valence-corrected chi connectivity index (χ3v) is 5.64. The molecule has 10 heteroatoms. The lowest BCUT2D eigenvalue weighted by Gasteiger charge is -2.20. The maximum Gasteiger partial charge on any atom is 0.269 e. The lowest BCUT2D eigenvalue weighted by atomic mass is 9.88. The van der Waals surface area contributed by atoms with Crippen molar-refractivity contribution in [1.82, 2.24) is 16.2 Å². The van der Waals surface area contributed by atoms with Crippen LogP contribution >= 0.6 is 23.8 Å². The van der Waals surface area contributed by atoms with E-state index >= 15 is 0 Å². The van der Waals surface area contributed by atoms with Gasteiger partial charge >= 0.3 is 0 Å². The van der Waals surface area contributed by atoms with Gasteiger partial charge in [-0.1, -0.05) is 43.0 Å². The normalized spacial score (nSPS) is 13.5. The average Bonchev–Trinajstić information content (AvgIpc) is 2.83. The summed E-state index contributed by atoms with van der Waals surface area (Å²) in [4.78, 5) is 36.6. The van der Waals surface area contributed by atoms with E-state index in [1.807, 2.05) is 0 Å². The van der Waals surface area contributed by atoms with Crippen molar-refractivity contribution in [1.29, 1.82) is 0 Å². The van der Waals surface area contributed by atoms with Gasteiger partial charge in [-0.05, 0) is 61.5 Å². The van der Waals surface area contributed by atoms with Crippen molar-refractivity contribution in [3.8, 4) is 5.75 Å². The third kappa shape index (κ3) is 7.73. The zero-order chi connectivity index (χ0) is 23.6. The maximum atomic E-state index is 12.3. The number of thiocarbonyl (C=S) groups is 1. The van der Waals surface area contributed by atoms with Gasteiger partial charge in [0.05, 0.1) is 5.02 Å². The summed E-state index contributed by atoms with van der Waals surface area (Å²) in [6, 6.07) is 13.3. The highest BCUT2D eigenvalue weighted by Crippen LogP contribution is 2.25. The Labute approximate surface area is 202 Å². The molecule has 0 radical (unpaired) electrons. The van der Waals surface area contributed by atoms with Crippen LogP contribution in [0.25, 0.3) is 0 Å². The van der Waals surface area contributed by atoms with Crippen molar-refractivity contribution in [3.63, 3.8) is 0 Å². The Morgan fingerprint density at radius 2 is 1.67 bits per heavy atom. The molecule has 8 nitrogen and oxygen atoms in total. The molecule has 0 bridgehead atoms. The molecule has 0 aliphatic heterocycles. The first kappa shape index (κ1) is 24.5. The Morgan fingerprint density at radius 1 is 0.970 bits per heavy atom. The second kappa shape index (κ2) is 12.2. The molecule has 4 N–H and O–H groups in total. The van der Waals surface area contributed by atoms with Crippen molar-refractivity contribution in [2.45, 2.75) is 32.1 Å². The summed E-state index contributed by atoms with van der Waals surface area (Å²) in [5, 5.41) is 5.59. The molecular weight excluding hydrogens is 464 g/mol. The molecule has 1 aliphatic carbocycles. The summed E-state index contributed by atoms with van der Waals surface area (Å²) in [5.41, 5.74) is 5.86. The number of para-hydroxylation sites is 1. The van der Waals surface area contributed by atoms with E-state index in [1.54, 1.807) is 48.5 Å². The van der Waals surface area contributed by atoms with Crippen LogP contribution in [0.3, 0.4) is 0 Å². The maximum absolute atomic E-state index is 12.3. The number of ether oxygens (including phenoxy) is 1.